The molecule has 0 saturated carbocycles. The predicted octanol–water partition coefficient (Wildman–Crippen LogP) is -0.827. The van der Waals surface area contributed by atoms with Crippen LogP contribution in [0.4, 0.5) is 0 Å². The van der Waals surface area contributed by atoms with Crippen molar-refractivity contribution < 1.29 is 45.2 Å². The van der Waals surface area contributed by atoms with E-state index in [1.54, 1.807) is 0 Å². The zero-order valence-corrected chi connectivity index (χ0v) is 20.4. The van der Waals surface area contributed by atoms with E-state index in [0.717, 1.165) is 0 Å². The molecule has 0 radical (unpaired) electrons. The van der Waals surface area contributed by atoms with Gasteiger partial charge in [0.2, 0.25) is 0 Å². The smallest absolute Gasteiger partial charge is 0 e. The number of rotatable bonds is 4. The fraction of sp³-hybridized carbons (Fsp3) is 0. The first-order chi connectivity index (χ1) is 12.9. The summed E-state index contributed by atoms with van der Waals surface area (Å²) in [6, 6.07) is 42.0. The normalized spacial score (nSPS) is 8.83. The summed E-state index contributed by atoms with van der Waals surface area (Å²) in [6.07, 6.45) is 0. The molecular weight excluding hydrogens is 528 g/mol. The molecule has 5 heteroatoms. The van der Waals surface area contributed by atoms with E-state index in [-0.39, 0.29) is 45.2 Å². The van der Waals surface area contributed by atoms with Crippen LogP contribution in [0.3, 0.4) is 0 Å². The summed E-state index contributed by atoms with van der Waals surface area (Å²) < 4.78 is 0. The van der Waals surface area contributed by atoms with Gasteiger partial charge in [-0.3, -0.25) is 0 Å². The average Bonchev–Trinajstić information content (AvgIpc) is 2.72. The molecule has 29 heavy (non-hydrogen) atoms. The van der Waals surface area contributed by atoms with Gasteiger partial charge in [0, 0.05) is 20.4 Å². The summed E-state index contributed by atoms with van der Waals surface area (Å²) >= 11 is 0. The van der Waals surface area contributed by atoms with Gasteiger partial charge in [-0.2, -0.15) is 0 Å². The Bertz CT molecular complexity index is 725. The Balaban J connectivity index is 0.000000490. The molecule has 0 heterocycles. The third kappa shape index (κ3) is 11.1. The van der Waals surface area contributed by atoms with Crippen LogP contribution in [0.1, 0.15) is 0 Å². The first-order valence-corrected chi connectivity index (χ1v) is 10.3. The van der Waals surface area contributed by atoms with Crippen molar-refractivity contribution in [2.24, 2.45) is 0 Å². The van der Waals surface area contributed by atoms with Crippen LogP contribution in [0, 0.1) is 0 Å². The van der Waals surface area contributed by atoms with E-state index >= 15 is 0 Å². The second kappa shape index (κ2) is 16.7. The Morgan fingerprint density at radius 1 is 0.310 bits per heavy atom. The van der Waals surface area contributed by atoms with Crippen LogP contribution >= 0.6 is 17.2 Å². The van der Waals surface area contributed by atoms with E-state index in [1.807, 2.05) is 24.3 Å². The predicted molar refractivity (Wildman–Crippen MR) is 118 cm³/mol. The second-order valence-electron chi connectivity index (χ2n) is 5.57. The van der Waals surface area contributed by atoms with Crippen molar-refractivity contribution in [2.45, 2.75) is 0 Å². The fourth-order valence-electron chi connectivity index (χ4n) is 2.31. The molecule has 0 fully saturated rings. The molecule has 4 rings (SSSR count). The van der Waals surface area contributed by atoms with Crippen LogP contribution in [0.25, 0.3) is 0 Å². The van der Waals surface area contributed by atoms with Crippen molar-refractivity contribution in [3.63, 3.8) is 0 Å². The largest absolute Gasteiger partial charge is 1.00 e. The summed E-state index contributed by atoms with van der Waals surface area (Å²) in [7, 11) is 2.56. The molecule has 0 aromatic heterocycles. The Kier molecular flexibility index (Phi) is 16.2. The van der Waals surface area contributed by atoms with Crippen LogP contribution in [-0.2, 0) is 20.4 Å². The van der Waals surface area contributed by atoms with E-state index in [2.05, 4.69) is 97.1 Å². The minimum Gasteiger partial charge on any atom is -1.00 e. The van der Waals surface area contributed by atoms with Gasteiger partial charge in [-0.15, -0.1) is 0 Å². The maximum absolute atomic E-state index is 2.15. The molecule has 0 spiro atoms. The van der Waals surface area contributed by atoms with Gasteiger partial charge < -0.3 is 42.0 Å². The van der Waals surface area contributed by atoms with Crippen molar-refractivity contribution in [1.29, 1.82) is 0 Å². The van der Waals surface area contributed by atoms with Gasteiger partial charge in [-0.1, -0.05) is 121 Å². The van der Waals surface area contributed by atoms with E-state index < -0.39 is 0 Å². The zero-order valence-electron chi connectivity index (χ0n) is 15.5. The number of benzene rings is 4. The Hall–Kier alpha value is -1.02. The molecule has 0 N–H and O–H groups in total. The molecule has 0 aliphatic carbocycles. The van der Waals surface area contributed by atoms with Gasteiger partial charge >= 0.3 is 0 Å². The maximum Gasteiger partial charge on any atom is 0 e. The summed E-state index contributed by atoms with van der Waals surface area (Å²) in [5, 5.41) is 5.37. The maximum atomic E-state index is 2.15. The van der Waals surface area contributed by atoms with Crippen molar-refractivity contribution in [3.8, 4) is 0 Å². The number of hydrogen-bond acceptors (Lipinski definition) is 0. The topological polar surface area (TPSA) is 0 Å². The van der Waals surface area contributed by atoms with Gasteiger partial charge in [0.05, 0.1) is 0 Å². The fourth-order valence-corrected chi connectivity index (χ4v) is 4.19. The van der Waals surface area contributed by atoms with Gasteiger partial charge in [-0.05, 0) is 0 Å². The molecule has 4 aromatic rings. The third-order valence-electron chi connectivity index (χ3n) is 3.54. The summed E-state index contributed by atoms with van der Waals surface area (Å²) in [5.41, 5.74) is 0. The first-order valence-electron chi connectivity index (χ1n) is 8.54. The molecule has 0 nitrogen and oxygen atoms in total. The van der Waals surface area contributed by atoms with Crippen LogP contribution < -0.4 is 46.0 Å². The number of halogens is 2. The minimum atomic E-state index is 0. The molecule has 0 atom stereocenters. The molecule has 0 aliphatic heterocycles. The third-order valence-corrected chi connectivity index (χ3v) is 5.77. The number of hydrogen-bond donors (Lipinski definition) is 0. The molecule has 154 valence electrons. The van der Waals surface area contributed by atoms with E-state index in [4.69, 9.17) is 0 Å². The van der Waals surface area contributed by atoms with Crippen LogP contribution in [-0.4, -0.2) is 0 Å². The first kappa shape index (κ1) is 28.0. The zero-order chi connectivity index (χ0) is 17.9. The monoisotopic (exact) mass is 546 g/mol. The second-order valence-corrected chi connectivity index (χ2v) is 8.08. The molecule has 0 aliphatic rings. The van der Waals surface area contributed by atoms with Crippen molar-refractivity contribution >= 4 is 38.4 Å². The van der Waals surface area contributed by atoms with Crippen LogP contribution in [0.15, 0.2) is 121 Å². The quantitative estimate of drug-likeness (QED) is 0.231. The Morgan fingerprint density at radius 3 is 0.655 bits per heavy atom. The molecule has 4 aromatic carbocycles. The van der Waals surface area contributed by atoms with Gasteiger partial charge in [-0.25, -0.2) is 21.2 Å². The van der Waals surface area contributed by atoms with Crippen molar-refractivity contribution in [1.82, 2.24) is 0 Å². The van der Waals surface area contributed by atoms with Crippen LogP contribution in [0.5, 0.6) is 0 Å². The molecule has 0 amide bonds. The van der Waals surface area contributed by atoms with Crippen molar-refractivity contribution in [3.05, 3.63) is 121 Å². The van der Waals surface area contributed by atoms with Gasteiger partial charge in [0.15, 0.2) is 0 Å². The minimum absolute atomic E-state index is 0. The summed E-state index contributed by atoms with van der Waals surface area (Å²) in [5.74, 6) is 0. The Morgan fingerprint density at radius 2 is 0.483 bits per heavy atom. The SMILES string of the molecule is [Cl-].[Cl-].[Pd].c1ccc([P-]c2ccccc2)cc1.c1ccc([P-]c2ccccc2)cc1. The Labute approximate surface area is 204 Å². The standard InChI is InChI=1S/2C12H10P.2ClH.Pd/c2*1-3-7-11(8-4-1)13-12-9-5-2-6-10-12;;;/h2*1-10H;2*1H;/q2*-1;;;/p-2. The van der Waals surface area contributed by atoms with E-state index in [1.165, 1.54) is 38.4 Å². The molecule has 0 unspecified atom stereocenters. The summed E-state index contributed by atoms with van der Waals surface area (Å²) in [4.78, 5) is 0. The van der Waals surface area contributed by atoms with Crippen LogP contribution in [0.2, 0.25) is 0 Å². The molecular formula is C24H20Cl2P2Pd-4. The van der Waals surface area contributed by atoms with E-state index in [9.17, 15) is 0 Å². The van der Waals surface area contributed by atoms with Gasteiger partial charge in [0.25, 0.3) is 0 Å². The van der Waals surface area contributed by atoms with Crippen molar-refractivity contribution in [2.75, 3.05) is 0 Å². The molecule has 0 saturated heterocycles. The molecule has 0 bridgehead atoms. The average molecular weight is 548 g/mol. The van der Waals surface area contributed by atoms with Gasteiger partial charge in [0.1, 0.15) is 0 Å². The summed E-state index contributed by atoms with van der Waals surface area (Å²) in [6.45, 7) is 0. The van der Waals surface area contributed by atoms with E-state index in [0.29, 0.717) is 0 Å².